The lowest BCUT2D eigenvalue weighted by molar-refractivity contribution is 0.160. The minimum atomic E-state index is 0.293. The second-order valence-corrected chi connectivity index (χ2v) is 5.47. The molecule has 18 heavy (non-hydrogen) atoms. The summed E-state index contributed by atoms with van der Waals surface area (Å²) in [6.45, 7) is 5.94. The average Bonchev–Trinajstić information content (AvgIpc) is 2.54. The Labute approximate surface area is 115 Å². The van der Waals surface area contributed by atoms with Crippen molar-refractivity contribution < 1.29 is 14.7 Å². The predicted molar refractivity (Wildman–Crippen MR) is 72.5 cm³/mol. The molecular formula is C13H18BrNO3. The van der Waals surface area contributed by atoms with Gasteiger partial charge in [-0.3, -0.25) is 0 Å². The van der Waals surface area contributed by atoms with E-state index >= 15 is 0 Å². The minimum Gasteiger partial charge on any atom is -0.490 e. The first-order valence-corrected chi connectivity index (χ1v) is 6.92. The molecule has 1 aromatic rings. The van der Waals surface area contributed by atoms with Crippen LogP contribution in [0.15, 0.2) is 10.5 Å². The van der Waals surface area contributed by atoms with Crippen LogP contribution in [0.5, 0.6) is 11.5 Å². The van der Waals surface area contributed by atoms with Crippen molar-refractivity contribution in [2.24, 2.45) is 0 Å². The number of halogens is 1. The number of hydrogen-bond donors (Lipinski definition) is 2. The first kappa shape index (κ1) is 13.6. The smallest absolute Gasteiger partial charge is 0.165 e. The van der Waals surface area contributed by atoms with Crippen LogP contribution in [0.25, 0.3) is 0 Å². The zero-order valence-electron chi connectivity index (χ0n) is 10.6. The fraction of sp³-hybridized carbons (Fsp3) is 0.538. The molecule has 1 aromatic carbocycles. The fourth-order valence-corrected chi connectivity index (χ4v) is 2.77. The SMILES string of the molecule is CC(C)c1c(CNO)c(Br)cc2c1OCCCO2. The summed E-state index contributed by atoms with van der Waals surface area (Å²) in [6, 6.07) is 1.92. The van der Waals surface area contributed by atoms with Crippen molar-refractivity contribution in [3.63, 3.8) is 0 Å². The average molecular weight is 316 g/mol. The van der Waals surface area contributed by atoms with Crippen molar-refractivity contribution in [1.29, 1.82) is 0 Å². The third-order valence-electron chi connectivity index (χ3n) is 2.97. The molecule has 1 aliphatic heterocycles. The van der Waals surface area contributed by atoms with Gasteiger partial charge in [0.05, 0.1) is 13.2 Å². The number of nitrogens with one attached hydrogen (secondary N) is 1. The van der Waals surface area contributed by atoms with Gasteiger partial charge >= 0.3 is 0 Å². The maximum Gasteiger partial charge on any atom is 0.165 e. The zero-order valence-corrected chi connectivity index (χ0v) is 12.2. The lowest BCUT2D eigenvalue weighted by Crippen LogP contribution is -2.12. The van der Waals surface area contributed by atoms with Gasteiger partial charge in [-0.15, -0.1) is 0 Å². The van der Waals surface area contributed by atoms with Crippen molar-refractivity contribution in [2.75, 3.05) is 13.2 Å². The van der Waals surface area contributed by atoms with E-state index in [4.69, 9.17) is 14.7 Å². The van der Waals surface area contributed by atoms with Gasteiger partial charge in [0.1, 0.15) is 0 Å². The van der Waals surface area contributed by atoms with E-state index in [1.54, 1.807) is 0 Å². The van der Waals surface area contributed by atoms with E-state index in [-0.39, 0.29) is 0 Å². The van der Waals surface area contributed by atoms with Crippen LogP contribution in [-0.2, 0) is 6.54 Å². The standard InChI is InChI=1S/C13H18BrNO3/c1-8(2)12-9(7-15-16)10(14)6-11-13(12)18-5-3-4-17-11/h6,8,15-16H,3-5,7H2,1-2H3. The molecule has 0 amide bonds. The molecule has 100 valence electrons. The second kappa shape index (κ2) is 5.91. The van der Waals surface area contributed by atoms with E-state index in [1.807, 2.05) is 6.07 Å². The zero-order chi connectivity index (χ0) is 13.1. The van der Waals surface area contributed by atoms with Crippen molar-refractivity contribution in [3.05, 3.63) is 21.7 Å². The summed E-state index contributed by atoms with van der Waals surface area (Å²) in [6.07, 6.45) is 0.886. The molecule has 0 radical (unpaired) electrons. The van der Waals surface area contributed by atoms with Crippen LogP contribution in [0.4, 0.5) is 0 Å². The van der Waals surface area contributed by atoms with Gasteiger partial charge in [0.2, 0.25) is 0 Å². The maximum absolute atomic E-state index is 8.97. The molecule has 0 aliphatic carbocycles. The monoisotopic (exact) mass is 315 g/mol. The van der Waals surface area contributed by atoms with Gasteiger partial charge < -0.3 is 14.7 Å². The van der Waals surface area contributed by atoms with E-state index in [2.05, 4.69) is 35.3 Å². The van der Waals surface area contributed by atoms with Crippen LogP contribution in [0.1, 0.15) is 37.3 Å². The Morgan fingerprint density at radius 3 is 2.78 bits per heavy atom. The lowest BCUT2D eigenvalue weighted by Gasteiger charge is -2.20. The highest BCUT2D eigenvalue weighted by Gasteiger charge is 2.22. The molecule has 0 saturated carbocycles. The summed E-state index contributed by atoms with van der Waals surface area (Å²) in [7, 11) is 0. The molecule has 0 atom stereocenters. The molecule has 2 N–H and O–H groups in total. The minimum absolute atomic E-state index is 0.293. The number of hydroxylamine groups is 1. The van der Waals surface area contributed by atoms with Crippen LogP contribution >= 0.6 is 15.9 Å². The summed E-state index contributed by atoms with van der Waals surface area (Å²) < 4.78 is 12.5. The van der Waals surface area contributed by atoms with Gasteiger partial charge in [-0.2, -0.15) is 0 Å². The van der Waals surface area contributed by atoms with Crippen molar-refractivity contribution in [3.8, 4) is 11.5 Å². The Morgan fingerprint density at radius 2 is 2.11 bits per heavy atom. The Morgan fingerprint density at radius 1 is 1.39 bits per heavy atom. The summed E-state index contributed by atoms with van der Waals surface area (Å²) in [5, 5.41) is 8.97. The maximum atomic E-state index is 8.97. The number of fused-ring (bicyclic) bond motifs is 1. The molecule has 5 heteroatoms. The predicted octanol–water partition coefficient (Wildman–Crippen LogP) is 3.21. The highest BCUT2D eigenvalue weighted by molar-refractivity contribution is 9.10. The lowest BCUT2D eigenvalue weighted by atomic mass is 9.95. The molecule has 0 unspecified atom stereocenters. The van der Waals surface area contributed by atoms with E-state index in [9.17, 15) is 0 Å². The van der Waals surface area contributed by atoms with Gasteiger partial charge in [0.25, 0.3) is 0 Å². The van der Waals surface area contributed by atoms with Gasteiger partial charge in [0, 0.05) is 23.0 Å². The topological polar surface area (TPSA) is 50.7 Å². The van der Waals surface area contributed by atoms with Crippen LogP contribution in [-0.4, -0.2) is 18.4 Å². The van der Waals surface area contributed by atoms with Crippen molar-refractivity contribution in [1.82, 2.24) is 5.48 Å². The number of rotatable bonds is 3. The number of ether oxygens (including phenoxy) is 2. The summed E-state index contributed by atoms with van der Waals surface area (Å²) in [4.78, 5) is 0. The van der Waals surface area contributed by atoms with Crippen LogP contribution < -0.4 is 15.0 Å². The van der Waals surface area contributed by atoms with Crippen molar-refractivity contribution in [2.45, 2.75) is 32.7 Å². The Bertz CT molecular complexity index is 435. The number of benzene rings is 1. The van der Waals surface area contributed by atoms with E-state index in [0.29, 0.717) is 25.7 Å². The molecule has 4 nitrogen and oxygen atoms in total. The molecule has 0 spiro atoms. The highest BCUT2D eigenvalue weighted by Crippen LogP contribution is 2.43. The van der Waals surface area contributed by atoms with Crippen LogP contribution in [0, 0.1) is 0 Å². The van der Waals surface area contributed by atoms with Crippen LogP contribution in [0.3, 0.4) is 0 Å². The van der Waals surface area contributed by atoms with E-state index in [0.717, 1.165) is 33.5 Å². The van der Waals surface area contributed by atoms with Crippen molar-refractivity contribution >= 4 is 15.9 Å². The number of hydrogen-bond acceptors (Lipinski definition) is 4. The van der Waals surface area contributed by atoms with Gasteiger partial charge in [-0.1, -0.05) is 29.8 Å². The normalized spacial score (nSPS) is 14.7. The molecule has 1 aliphatic rings. The first-order valence-electron chi connectivity index (χ1n) is 6.13. The summed E-state index contributed by atoms with van der Waals surface area (Å²) in [5.41, 5.74) is 4.31. The fourth-order valence-electron chi connectivity index (χ4n) is 2.21. The molecule has 0 aromatic heterocycles. The van der Waals surface area contributed by atoms with Gasteiger partial charge in [-0.25, -0.2) is 5.48 Å². The van der Waals surface area contributed by atoms with E-state index in [1.165, 1.54) is 0 Å². The Balaban J connectivity index is 2.58. The summed E-state index contributed by atoms with van der Waals surface area (Å²) in [5.74, 6) is 1.89. The highest BCUT2D eigenvalue weighted by atomic mass is 79.9. The quantitative estimate of drug-likeness (QED) is 0.841. The molecule has 0 fully saturated rings. The molecule has 0 bridgehead atoms. The third kappa shape index (κ3) is 2.63. The molecular weight excluding hydrogens is 298 g/mol. The van der Waals surface area contributed by atoms with Gasteiger partial charge in [-0.05, 0) is 17.5 Å². The molecule has 0 saturated heterocycles. The largest absolute Gasteiger partial charge is 0.490 e. The molecule has 2 rings (SSSR count). The van der Waals surface area contributed by atoms with E-state index < -0.39 is 0 Å². The van der Waals surface area contributed by atoms with Gasteiger partial charge in [0.15, 0.2) is 11.5 Å². The first-order chi connectivity index (χ1) is 8.65. The second-order valence-electron chi connectivity index (χ2n) is 4.62. The Hall–Kier alpha value is -0.780. The summed E-state index contributed by atoms with van der Waals surface area (Å²) >= 11 is 3.53. The Kier molecular flexibility index (Phi) is 4.48. The third-order valence-corrected chi connectivity index (χ3v) is 3.67. The van der Waals surface area contributed by atoms with Crippen LogP contribution in [0.2, 0.25) is 0 Å². The molecule has 1 heterocycles.